The van der Waals surface area contributed by atoms with Crippen LogP contribution in [0.3, 0.4) is 0 Å². The van der Waals surface area contributed by atoms with Gasteiger partial charge < -0.3 is 30.6 Å². The molecule has 0 atom stereocenters. The molecule has 0 saturated carbocycles. The Hall–Kier alpha value is -3.24. The lowest BCUT2D eigenvalue weighted by atomic mass is 9.97. The Morgan fingerprint density at radius 3 is 0.741 bits per heavy atom. The van der Waals surface area contributed by atoms with Crippen molar-refractivity contribution in [3.05, 3.63) is 50.6 Å². The van der Waals surface area contributed by atoms with E-state index in [4.69, 9.17) is 30.6 Å². The number of aliphatic hydroxyl groups excluding tert-OH is 2. The second-order valence-corrected chi connectivity index (χ2v) is 4.65. The minimum Gasteiger partial charge on any atom is -0.478 e. The zero-order valence-electron chi connectivity index (χ0n) is 15.4. The predicted molar refractivity (Wildman–Crippen MR) is 99.3 cm³/mol. The van der Waals surface area contributed by atoms with E-state index in [1.165, 1.54) is 0 Å². The Morgan fingerprint density at radius 1 is 0.630 bits per heavy atom. The molecule has 0 aliphatic rings. The van der Waals surface area contributed by atoms with E-state index in [9.17, 15) is 19.2 Å². The van der Waals surface area contributed by atoms with Crippen molar-refractivity contribution in [3.8, 4) is 0 Å². The van der Waals surface area contributed by atoms with Crippen molar-refractivity contribution in [1.82, 2.24) is 0 Å². The second kappa shape index (κ2) is 25.0. The van der Waals surface area contributed by atoms with Crippen LogP contribution >= 0.6 is 0 Å². The first-order valence-corrected chi connectivity index (χ1v) is 6.84. The quantitative estimate of drug-likeness (QED) is 0.356. The molecular weight excluding hydrogens is 364 g/mol. The van der Waals surface area contributed by atoms with Gasteiger partial charge in [-0.1, -0.05) is 40.2 Å². The molecule has 0 aliphatic carbocycles. The molecule has 0 aromatic rings. The highest BCUT2D eigenvalue weighted by molar-refractivity contribution is 5.79. The van der Waals surface area contributed by atoms with Crippen molar-refractivity contribution in [2.75, 3.05) is 13.2 Å². The molecule has 0 aliphatic heterocycles. The number of carbonyl (C=O) groups is 4. The molecule has 0 aromatic carbocycles. The van der Waals surface area contributed by atoms with E-state index in [1.54, 1.807) is 13.8 Å². The van der Waals surface area contributed by atoms with Gasteiger partial charge in [-0.15, -0.1) is 0 Å². The summed E-state index contributed by atoms with van der Waals surface area (Å²) in [5.41, 5.74) is -0.306. The van der Waals surface area contributed by atoms with Crippen LogP contribution in [-0.4, -0.2) is 67.7 Å². The van der Waals surface area contributed by atoms with Gasteiger partial charge in [0.15, 0.2) is 0 Å². The number of aliphatic carboxylic acids is 4. The summed E-state index contributed by atoms with van der Waals surface area (Å²) < 4.78 is 0. The molecule has 156 valence electrons. The number of aliphatic hydroxyl groups is 2. The molecule has 0 fully saturated rings. The summed E-state index contributed by atoms with van der Waals surface area (Å²) in [5.74, 6) is -3.93. The molecule has 0 amide bonds. The van der Waals surface area contributed by atoms with E-state index >= 15 is 0 Å². The minimum atomic E-state index is -0.981. The van der Waals surface area contributed by atoms with Crippen LogP contribution < -0.4 is 0 Å². The highest BCUT2D eigenvalue weighted by atomic mass is 16.4. The van der Waals surface area contributed by atoms with Crippen LogP contribution in [0.5, 0.6) is 0 Å². The van der Waals surface area contributed by atoms with Gasteiger partial charge in [0.25, 0.3) is 0 Å². The summed E-state index contributed by atoms with van der Waals surface area (Å²) in [6, 6.07) is 0. The van der Waals surface area contributed by atoms with E-state index in [0.29, 0.717) is 0 Å². The van der Waals surface area contributed by atoms with Crippen LogP contribution in [0.25, 0.3) is 0 Å². The number of hydrogen-bond donors (Lipinski definition) is 6. The molecule has 0 aromatic heterocycles. The Bertz CT molecular complexity index is 400. The van der Waals surface area contributed by atoms with Crippen molar-refractivity contribution in [2.45, 2.75) is 13.8 Å². The first-order chi connectivity index (χ1) is 12.2. The van der Waals surface area contributed by atoms with E-state index in [0.717, 1.165) is 24.3 Å². The lowest BCUT2D eigenvalue weighted by Gasteiger charge is -2.16. The summed E-state index contributed by atoms with van der Waals surface area (Å²) in [6.45, 7) is 15.5. The SMILES string of the molecule is C=CC(=O)O.C=CC(=O)O.C=CC(=O)O.C=CC(=O)O.CC(C)(CO)CO. The zero-order chi connectivity index (χ0) is 23.1. The lowest BCUT2D eigenvalue weighted by Crippen LogP contribution is -2.20. The average Bonchev–Trinajstić information content (AvgIpc) is 2.63. The molecular formula is C17H28O10. The summed E-state index contributed by atoms with van der Waals surface area (Å²) >= 11 is 0. The largest absolute Gasteiger partial charge is 0.478 e. The molecule has 0 bridgehead atoms. The van der Waals surface area contributed by atoms with Gasteiger partial charge in [-0.25, -0.2) is 19.2 Å². The van der Waals surface area contributed by atoms with Gasteiger partial charge in [-0.3, -0.25) is 0 Å². The van der Waals surface area contributed by atoms with Gasteiger partial charge in [-0.05, 0) is 0 Å². The number of hydrogen-bond acceptors (Lipinski definition) is 6. The fourth-order valence-corrected chi connectivity index (χ4v) is 0.0500. The van der Waals surface area contributed by atoms with Crippen LogP contribution in [-0.2, 0) is 19.2 Å². The van der Waals surface area contributed by atoms with E-state index in [2.05, 4.69) is 26.3 Å². The van der Waals surface area contributed by atoms with Crippen LogP contribution in [0.4, 0.5) is 0 Å². The van der Waals surface area contributed by atoms with Crippen molar-refractivity contribution in [2.24, 2.45) is 5.41 Å². The fraction of sp³-hybridized carbons (Fsp3) is 0.294. The first kappa shape index (κ1) is 35.0. The monoisotopic (exact) mass is 392 g/mol. The normalized spacial score (nSPS) is 7.85. The molecule has 0 unspecified atom stereocenters. The van der Waals surface area contributed by atoms with Gasteiger partial charge in [-0.2, -0.15) is 0 Å². The second-order valence-electron chi connectivity index (χ2n) is 4.65. The molecule has 0 rings (SSSR count). The first-order valence-electron chi connectivity index (χ1n) is 6.84. The Balaban J connectivity index is -0.0000000753. The summed E-state index contributed by atoms with van der Waals surface area (Å²) in [4.78, 5) is 37.0. The Kier molecular flexibility index (Phi) is 32.4. The standard InChI is InChI=1S/C5H12O2.4C3H4O2/c1-5(2,3-6)4-7;4*1-2-3(4)5/h6-7H,3-4H2,1-2H3;4*2H,1H2,(H,4,5). The topological polar surface area (TPSA) is 190 Å². The summed E-state index contributed by atoms with van der Waals surface area (Å²) in [5, 5.41) is 47.3. The van der Waals surface area contributed by atoms with Gasteiger partial charge in [0.2, 0.25) is 0 Å². The van der Waals surface area contributed by atoms with Crippen LogP contribution in [0, 0.1) is 5.41 Å². The molecule has 0 heterocycles. The molecule has 6 N–H and O–H groups in total. The van der Waals surface area contributed by atoms with Crippen molar-refractivity contribution in [1.29, 1.82) is 0 Å². The number of carboxylic acids is 4. The molecule has 10 nitrogen and oxygen atoms in total. The maximum Gasteiger partial charge on any atom is 0.327 e. The lowest BCUT2D eigenvalue weighted by molar-refractivity contribution is -0.132. The van der Waals surface area contributed by atoms with Crippen molar-refractivity contribution >= 4 is 23.9 Å². The highest BCUT2D eigenvalue weighted by Gasteiger charge is 2.13. The highest BCUT2D eigenvalue weighted by Crippen LogP contribution is 2.10. The third-order valence-corrected chi connectivity index (χ3v) is 1.55. The van der Waals surface area contributed by atoms with E-state index in [-0.39, 0.29) is 18.6 Å². The van der Waals surface area contributed by atoms with Gasteiger partial charge in [0.1, 0.15) is 0 Å². The predicted octanol–water partition coefficient (Wildman–Crippen LogP) is 1.03. The number of rotatable bonds is 6. The fourth-order valence-electron chi connectivity index (χ4n) is 0.0500. The van der Waals surface area contributed by atoms with Gasteiger partial charge in [0, 0.05) is 29.7 Å². The molecule has 0 saturated heterocycles. The molecule has 27 heavy (non-hydrogen) atoms. The van der Waals surface area contributed by atoms with Crippen LogP contribution in [0.1, 0.15) is 13.8 Å². The smallest absolute Gasteiger partial charge is 0.327 e. The minimum absolute atomic E-state index is 0.0451. The van der Waals surface area contributed by atoms with Crippen LogP contribution in [0.2, 0.25) is 0 Å². The zero-order valence-corrected chi connectivity index (χ0v) is 15.4. The molecule has 0 radical (unpaired) electrons. The maximum absolute atomic E-state index is 9.25. The third kappa shape index (κ3) is 84.7. The number of carboxylic acid groups (broad SMARTS) is 4. The van der Waals surface area contributed by atoms with E-state index < -0.39 is 23.9 Å². The van der Waals surface area contributed by atoms with Crippen molar-refractivity contribution in [3.63, 3.8) is 0 Å². The average molecular weight is 392 g/mol. The van der Waals surface area contributed by atoms with Gasteiger partial charge in [0.05, 0.1) is 13.2 Å². The Labute approximate surface area is 157 Å². The van der Waals surface area contributed by atoms with E-state index in [1.807, 2.05) is 0 Å². The molecule has 0 spiro atoms. The van der Waals surface area contributed by atoms with Crippen molar-refractivity contribution < 1.29 is 49.8 Å². The molecule has 10 heteroatoms. The van der Waals surface area contributed by atoms with Gasteiger partial charge >= 0.3 is 23.9 Å². The summed E-state index contributed by atoms with van der Waals surface area (Å²) in [6.07, 6.45) is 3.33. The Morgan fingerprint density at radius 2 is 0.741 bits per heavy atom. The summed E-state index contributed by atoms with van der Waals surface area (Å²) in [7, 11) is 0. The third-order valence-electron chi connectivity index (χ3n) is 1.55. The maximum atomic E-state index is 9.25. The van der Waals surface area contributed by atoms with Crippen LogP contribution in [0.15, 0.2) is 50.6 Å².